The van der Waals surface area contributed by atoms with Crippen LogP contribution in [0.2, 0.25) is 0 Å². The molecule has 3 rings (SSSR count). The second kappa shape index (κ2) is 6.46. The predicted molar refractivity (Wildman–Crippen MR) is 89.9 cm³/mol. The summed E-state index contributed by atoms with van der Waals surface area (Å²) in [5.41, 5.74) is 2.30. The number of rotatable bonds is 6. The Morgan fingerprint density at radius 1 is 1.38 bits per heavy atom. The monoisotopic (exact) mass is 366 g/mol. The first-order valence-corrected chi connectivity index (χ1v) is 8.80. The molecule has 1 N–H and O–H groups in total. The smallest absolute Gasteiger partial charge is 0.140 e. The normalized spacial score (nSPS) is 14.4. The van der Waals surface area contributed by atoms with Crippen LogP contribution in [-0.2, 0) is 13.2 Å². The van der Waals surface area contributed by atoms with Crippen LogP contribution in [0.15, 0.2) is 22.7 Å². The third-order valence-corrected chi connectivity index (χ3v) is 5.14. The molecule has 1 aliphatic carbocycles. The number of aromatic nitrogens is 1. The average Bonchev–Trinajstić information content (AvgIpc) is 3.22. The van der Waals surface area contributed by atoms with E-state index in [1.54, 1.807) is 11.3 Å². The minimum Gasteiger partial charge on any atom is -0.486 e. The maximum Gasteiger partial charge on any atom is 0.140 e. The molecule has 5 heteroatoms. The summed E-state index contributed by atoms with van der Waals surface area (Å²) in [7, 11) is 0. The zero-order valence-corrected chi connectivity index (χ0v) is 14.7. The molecule has 3 nitrogen and oxygen atoms in total. The number of nitrogens with one attached hydrogen (secondary N) is 1. The summed E-state index contributed by atoms with van der Waals surface area (Å²) in [5.74, 6) is 0.942. The van der Waals surface area contributed by atoms with Crippen LogP contribution in [0.5, 0.6) is 5.75 Å². The van der Waals surface area contributed by atoms with Gasteiger partial charge in [0.05, 0.1) is 5.69 Å². The summed E-state index contributed by atoms with van der Waals surface area (Å²) in [6, 6.07) is 6.87. The van der Waals surface area contributed by atoms with Crippen LogP contribution < -0.4 is 10.1 Å². The average molecular weight is 367 g/mol. The number of benzene rings is 1. The summed E-state index contributed by atoms with van der Waals surface area (Å²) < 4.78 is 7.07. The van der Waals surface area contributed by atoms with E-state index in [9.17, 15) is 0 Å². The molecule has 1 aromatic carbocycles. The third-order valence-electron chi connectivity index (χ3n) is 3.61. The molecule has 0 atom stereocenters. The molecule has 0 unspecified atom stereocenters. The number of aryl methyl sites for hydroxylation is 2. The molecule has 112 valence electrons. The van der Waals surface area contributed by atoms with Crippen LogP contribution >= 0.6 is 27.3 Å². The SMILES string of the molecule is Cc1nc(COc2ccc(Br)cc2CNC2CC2)sc1C. The Labute approximate surface area is 137 Å². The Morgan fingerprint density at radius 3 is 2.86 bits per heavy atom. The van der Waals surface area contributed by atoms with E-state index >= 15 is 0 Å². The molecule has 1 saturated carbocycles. The van der Waals surface area contributed by atoms with Gasteiger partial charge in [0.1, 0.15) is 17.4 Å². The van der Waals surface area contributed by atoms with Crippen LogP contribution in [0.1, 0.15) is 34.0 Å². The predicted octanol–water partition coefficient (Wildman–Crippen LogP) is 4.35. The third kappa shape index (κ3) is 4.05. The molecule has 0 spiro atoms. The molecule has 0 bridgehead atoms. The van der Waals surface area contributed by atoms with Crippen LogP contribution in [0, 0.1) is 13.8 Å². The van der Waals surface area contributed by atoms with E-state index in [1.807, 2.05) is 19.1 Å². The van der Waals surface area contributed by atoms with Crippen LogP contribution in [-0.4, -0.2) is 11.0 Å². The molecule has 1 aromatic heterocycles. The van der Waals surface area contributed by atoms with Gasteiger partial charge < -0.3 is 10.1 Å². The quantitative estimate of drug-likeness (QED) is 0.824. The van der Waals surface area contributed by atoms with Crippen molar-refractivity contribution < 1.29 is 4.74 Å². The van der Waals surface area contributed by atoms with Gasteiger partial charge in [-0.3, -0.25) is 0 Å². The minimum absolute atomic E-state index is 0.539. The molecule has 1 fully saturated rings. The van der Waals surface area contributed by atoms with Crippen molar-refractivity contribution in [3.05, 3.63) is 43.8 Å². The molecule has 1 heterocycles. The molecule has 0 radical (unpaired) electrons. The van der Waals surface area contributed by atoms with E-state index in [1.165, 1.54) is 23.3 Å². The lowest BCUT2D eigenvalue weighted by molar-refractivity contribution is 0.301. The van der Waals surface area contributed by atoms with E-state index in [2.05, 4.69) is 39.2 Å². The van der Waals surface area contributed by atoms with Gasteiger partial charge in [0.15, 0.2) is 0 Å². The van der Waals surface area contributed by atoms with Gasteiger partial charge in [0, 0.05) is 27.5 Å². The van der Waals surface area contributed by atoms with Gasteiger partial charge in [-0.05, 0) is 44.9 Å². The Morgan fingerprint density at radius 2 is 2.19 bits per heavy atom. The standard InChI is InChI=1S/C16H19BrN2OS/c1-10-11(2)21-16(19-10)9-20-15-6-3-13(17)7-12(15)8-18-14-4-5-14/h3,6-7,14,18H,4-5,8-9H2,1-2H3. The van der Waals surface area contributed by atoms with Crippen molar-refractivity contribution in [2.24, 2.45) is 0 Å². The van der Waals surface area contributed by atoms with Gasteiger partial charge in [-0.2, -0.15) is 0 Å². The summed E-state index contributed by atoms with van der Waals surface area (Å²) >= 11 is 5.24. The molecule has 2 aromatic rings. The number of hydrogen-bond donors (Lipinski definition) is 1. The Hall–Kier alpha value is -0.910. The fourth-order valence-corrected chi connectivity index (χ4v) is 3.36. The lowest BCUT2D eigenvalue weighted by Gasteiger charge is -2.12. The van der Waals surface area contributed by atoms with Crippen molar-refractivity contribution in [3.8, 4) is 5.75 Å². The molecule has 0 amide bonds. The summed E-state index contributed by atoms with van der Waals surface area (Å²) in [6.45, 7) is 5.54. The van der Waals surface area contributed by atoms with Crippen LogP contribution in [0.4, 0.5) is 0 Å². The number of ether oxygens (including phenoxy) is 1. The molecule has 1 aliphatic rings. The molecular weight excluding hydrogens is 348 g/mol. The number of nitrogens with zero attached hydrogens (tertiary/aromatic N) is 1. The van der Waals surface area contributed by atoms with Crippen molar-refractivity contribution in [1.82, 2.24) is 10.3 Å². The maximum absolute atomic E-state index is 5.99. The van der Waals surface area contributed by atoms with E-state index in [-0.39, 0.29) is 0 Å². The van der Waals surface area contributed by atoms with Crippen LogP contribution in [0.3, 0.4) is 0 Å². The fraction of sp³-hybridized carbons (Fsp3) is 0.438. The van der Waals surface area contributed by atoms with Crippen molar-refractivity contribution in [1.29, 1.82) is 0 Å². The Balaban J connectivity index is 1.67. The highest BCUT2D eigenvalue weighted by Gasteiger charge is 2.20. The Kier molecular flexibility index (Phi) is 4.62. The lowest BCUT2D eigenvalue weighted by Crippen LogP contribution is -2.16. The zero-order valence-electron chi connectivity index (χ0n) is 12.3. The fourth-order valence-electron chi connectivity index (χ4n) is 2.11. The van der Waals surface area contributed by atoms with Crippen molar-refractivity contribution >= 4 is 27.3 Å². The van der Waals surface area contributed by atoms with Gasteiger partial charge in [-0.15, -0.1) is 11.3 Å². The Bertz CT molecular complexity index is 618. The van der Waals surface area contributed by atoms with E-state index in [4.69, 9.17) is 4.74 Å². The van der Waals surface area contributed by atoms with Crippen molar-refractivity contribution in [3.63, 3.8) is 0 Å². The van der Waals surface area contributed by atoms with Gasteiger partial charge in [-0.25, -0.2) is 4.98 Å². The highest BCUT2D eigenvalue weighted by Crippen LogP contribution is 2.27. The van der Waals surface area contributed by atoms with Gasteiger partial charge >= 0.3 is 0 Å². The van der Waals surface area contributed by atoms with Gasteiger partial charge in [0.25, 0.3) is 0 Å². The van der Waals surface area contributed by atoms with Crippen LogP contribution in [0.25, 0.3) is 0 Å². The van der Waals surface area contributed by atoms with E-state index in [0.717, 1.165) is 27.5 Å². The maximum atomic E-state index is 5.99. The highest BCUT2D eigenvalue weighted by molar-refractivity contribution is 9.10. The van der Waals surface area contributed by atoms with E-state index in [0.29, 0.717) is 12.6 Å². The summed E-state index contributed by atoms with van der Waals surface area (Å²) in [4.78, 5) is 5.79. The topological polar surface area (TPSA) is 34.1 Å². The number of thiazole rings is 1. The van der Waals surface area contributed by atoms with Gasteiger partial charge in [0.2, 0.25) is 0 Å². The number of hydrogen-bond acceptors (Lipinski definition) is 4. The molecule has 0 saturated heterocycles. The summed E-state index contributed by atoms with van der Waals surface area (Å²) in [5, 5.41) is 4.57. The molecule has 0 aliphatic heterocycles. The van der Waals surface area contributed by atoms with Crippen molar-refractivity contribution in [2.45, 2.75) is 45.9 Å². The minimum atomic E-state index is 0.539. The molecule has 21 heavy (non-hydrogen) atoms. The first kappa shape index (κ1) is 15.0. The molecular formula is C16H19BrN2OS. The number of halogens is 1. The van der Waals surface area contributed by atoms with E-state index < -0.39 is 0 Å². The lowest BCUT2D eigenvalue weighted by atomic mass is 10.2. The second-order valence-corrected chi connectivity index (χ2v) is 7.65. The van der Waals surface area contributed by atoms with Crippen molar-refractivity contribution in [2.75, 3.05) is 0 Å². The summed E-state index contributed by atoms with van der Waals surface area (Å²) in [6.07, 6.45) is 2.59. The van der Waals surface area contributed by atoms with Gasteiger partial charge in [-0.1, -0.05) is 15.9 Å². The zero-order chi connectivity index (χ0) is 14.8. The second-order valence-electron chi connectivity index (χ2n) is 5.45. The first-order chi connectivity index (χ1) is 10.1. The highest BCUT2D eigenvalue weighted by atomic mass is 79.9. The first-order valence-electron chi connectivity index (χ1n) is 7.19. The largest absolute Gasteiger partial charge is 0.486 e.